The molecule has 1 aromatic carbocycles. The summed E-state index contributed by atoms with van der Waals surface area (Å²) in [5, 5.41) is 11.6. The molecule has 0 spiro atoms. The minimum Gasteiger partial charge on any atom is -0.396 e. The van der Waals surface area contributed by atoms with Gasteiger partial charge in [-0.3, -0.25) is 9.59 Å². The van der Waals surface area contributed by atoms with Crippen molar-refractivity contribution in [2.75, 3.05) is 13.2 Å². The van der Waals surface area contributed by atoms with Gasteiger partial charge in [-0.2, -0.15) is 0 Å². The van der Waals surface area contributed by atoms with Crippen LogP contribution in [0.1, 0.15) is 31.2 Å². The lowest BCUT2D eigenvalue weighted by molar-refractivity contribution is -0.148. The van der Waals surface area contributed by atoms with Crippen molar-refractivity contribution in [1.82, 2.24) is 10.2 Å². The van der Waals surface area contributed by atoms with E-state index in [1.807, 2.05) is 0 Å². The molecular weight excluding hydrogens is 287 g/mol. The number of piperidine rings is 1. The Morgan fingerprint density at radius 1 is 1.27 bits per heavy atom. The van der Waals surface area contributed by atoms with Crippen LogP contribution >= 0.6 is 0 Å². The predicted octanol–water partition coefficient (Wildman–Crippen LogP) is 1.21. The van der Waals surface area contributed by atoms with Crippen LogP contribution in [0.2, 0.25) is 0 Å². The Bertz CT molecular complexity index is 517. The second-order valence-corrected chi connectivity index (χ2v) is 5.47. The summed E-state index contributed by atoms with van der Waals surface area (Å²) < 4.78 is 12.8. The molecular formula is C16H21FN2O3. The van der Waals surface area contributed by atoms with E-state index in [9.17, 15) is 14.0 Å². The van der Waals surface area contributed by atoms with Crippen molar-refractivity contribution in [1.29, 1.82) is 0 Å². The number of halogens is 1. The van der Waals surface area contributed by atoms with Gasteiger partial charge in [0, 0.05) is 25.7 Å². The summed E-state index contributed by atoms with van der Waals surface area (Å²) in [5.41, 5.74) is 0.730. The first-order chi connectivity index (χ1) is 10.6. The van der Waals surface area contributed by atoms with Gasteiger partial charge in [-0.15, -0.1) is 0 Å². The van der Waals surface area contributed by atoms with Crippen molar-refractivity contribution in [3.8, 4) is 0 Å². The Kier molecular flexibility index (Phi) is 5.89. The van der Waals surface area contributed by atoms with E-state index in [0.717, 1.165) is 24.8 Å². The third-order valence-corrected chi connectivity index (χ3v) is 3.91. The van der Waals surface area contributed by atoms with Crippen molar-refractivity contribution >= 4 is 11.8 Å². The molecule has 5 nitrogen and oxygen atoms in total. The molecule has 6 heteroatoms. The molecule has 1 aliphatic rings. The van der Waals surface area contributed by atoms with Crippen LogP contribution < -0.4 is 5.32 Å². The fraction of sp³-hybridized carbons (Fsp3) is 0.500. The molecule has 2 amide bonds. The highest BCUT2D eigenvalue weighted by Crippen LogP contribution is 2.19. The van der Waals surface area contributed by atoms with Crippen molar-refractivity contribution < 1.29 is 19.1 Å². The Balaban J connectivity index is 1.90. The van der Waals surface area contributed by atoms with Gasteiger partial charge in [0.2, 0.25) is 0 Å². The van der Waals surface area contributed by atoms with Gasteiger partial charge in [-0.05, 0) is 43.4 Å². The molecule has 1 aliphatic heterocycles. The number of rotatable bonds is 4. The normalized spacial score (nSPS) is 18.1. The molecule has 0 saturated carbocycles. The molecule has 1 unspecified atom stereocenters. The van der Waals surface area contributed by atoms with Crippen LogP contribution in [0.3, 0.4) is 0 Å². The summed E-state index contributed by atoms with van der Waals surface area (Å²) in [7, 11) is 0. The molecule has 1 aromatic rings. The maximum Gasteiger partial charge on any atom is 0.312 e. The average molecular weight is 308 g/mol. The van der Waals surface area contributed by atoms with Gasteiger partial charge in [-0.25, -0.2) is 4.39 Å². The van der Waals surface area contributed by atoms with Crippen molar-refractivity contribution in [2.24, 2.45) is 0 Å². The van der Waals surface area contributed by atoms with E-state index >= 15 is 0 Å². The summed E-state index contributed by atoms with van der Waals surface area (Å²) in [6.45, 7) is 0.739. The lowest BCUT2D eigenvalue weighted by atomic mass is 9.99. The molecule has 0 aromatic heterocycles. The first-order valence-electron chi connectivity index (χ1n) is 7.56. The number of aliphatic hydroxyl groups excluding tert-OH is 1. The molecule has 2 rings (SSSR count). The molecule has 2 N–H and O–H groups in total. The predicted molar refractivity (Wildman–Crippen MR) is 79.3 cm³/mol. The molecule has 1 atom stereocenters. The van der Waals surface area contributed by atoms with E-state index < -0.39 is 11.8 Å². The Morgan fingerprint density at radius 3 is 2.68 bits per heavy atom. The van der Waals surface area contributed by atoms with Crippen molar-refractivity contribution in [2.45, 2.75) is 38.3 Å². The van der Waals surface area contributed by atoms with Crippen LogP contribution in [0.4, 0.5) is 4.39 Å². The Hall–Kier alpha value is -1.95. The number of hydrogen-bond donors (Lipinski definition) is 2. The molecule has 22 heavy (non-hydrogen) atoms. The van der Waals surface area contributed by atoms with Crippen molar-refractivity contribution in [3.63, 3.8) is 0 Å². The van der Waals surface area contributed by atoms with E-state index in [1.165, 1.54) is 12.1 Å². The monoisotopic (exact) mass is 308 g/mol. The number of nitrogens with zero attached hydrogens (tertiary/aromatic N) is 1. The number of aliphatic hydroxyl groups is 1. The smallest absolute Gasteiger partial charge is 0.312 e. The van der Waals surface area contributed by atoms with Gasteiger partial charge >= 0.3 is 11.8 Å². The average Bonchev–Trinajstić information content (AvgIpc) is 2.54. The Morgan fingerprint density at radius 2 is 2.00 bits per heavy atom. The molecule has 1 saturated heterocycles. The van der Waals surface area contributed by atoms with Crippen LogP contribution in [0.15, 0.2) is 24.3 Å². The number of hydrogen-bond acceptors (Lipinski definition) is 3. The molecule has 0 aliphatic carbocycles. The van der Waals surface area contributed by atoms with Crippen LogP contribution in [0.25, 0.3) is 0 Å². The van der Waals surface area contributed by atoms with Crippen LogP contribution in [0, 0.1) is 5.82 Å². The number of carbonyl (C=O) groups excluding carboxylic acids is 2. The highest BCUT2D eigenvalue weighted by atomic mass is 19.1. The van der Waals surface area contributed by atoms with Gasteiger partial charge in [0.1, 0.15) is 5.82 Å². The molecule has 0 bridgehead atoms. The minimum absolute atomic E-state index is 0.00560. The number of likely N-dealkylation sites (tertiary alicyclic amines) is 1. The summed E-state index contributed by atoms with van der Waals surface area (Å²) in [6, 6.07) is 5.68. The van der Waals surface area contributed by atoms with E-state index in [2.05, 4.69) is 5.32 Å². The maximum atomic E-state index is 12.8. The van der Waals surface area contributed by atoms with Crippen LogP contribution in [0.5, 0.6) is 0 Å². The number of amides is 2. The quantitative estimate of drug-likeness (QED) is 0.821. The topological polar surface area (TPSA) is 69.6 Å². The summed E-state index contributed by atoms with van der Waals surface area (Å²) in [4.78, 5) is 25.8. The van der Waals surface area contributed by atoms with Gasteiger partial charge in [0.25, 0.3) is 0 Å². The van der Waals surface area contributed by atoms with Crippen molar-refractivity contribution in [3.05, 3.63) is 35.6 Å². The highest BCUT2D eigenvalue weighted by molar-refractivity contribution is 6.35. The maximum absolute atomic E-state index is 12.8. The highest BCUT2D eigenvalue weighted by Gasteiger charge is 2.30. The molecule has 1 fully saturated rings. The number of nitrogens with one attached hydrogen (secondary N) is 1. The SMILES string of the molecule is O=C(NCc1ccc(F)cc1)C(=O)N1CCCCC1CCO. The second-order valence-electron chi connectivity index (χ2n) is 5.47. The fourth-order valence-corrected chi connectivity index (χ4v) is 2.71. The standard InChI is InChI=1S/C16H21FN2O3/c17-13-6-4-12(5-7-13)11-18-15(21)16(22)19-9-2-1-3-14(19)8-10-20/h4-7,14,20H,1-3,8-11H2,(H,18,21). The van der Waals surface area contributed by atoms with Crippen LogP contribution in [-0.4, -0.2) is 41.0 Å². The van der Waals surface area contributed by atoms with Gasteiger partial charge in [0.05, 0.1) is 0 Å². The lowest BCUT2D eigenvalue weighted by Gasteiger charge is -2.35. The summed E-state index contributed by atoms with van der Waals surface area (Å²) in [6.07, 6.45) is 3.19. The second kappa shape index (κ2) is 7.89. The number of benzene rings is 1. The first-order valence-corrected chi connectivity index (χ1v) is 7.56. The van der Waals surface area contributed by atoms with Gasteiger partial charge in [0.15, 0.2) is 0 Å². The first kappa shape index (κ1) is 16.4. The summed E-state index contributed by atoms with van der Waals surface area (Å²) >= 11 is 0. The zero-order chi connectivity index (χ0) is 15.9. The van der Waals surface area contributed by atoms with E-state index in [-0.39, 0.29) is 25.0 Å². The Labute approximate surface area is 129 Å². The number of carbonyl (C=O) groups is 2. The van der Waals surface area contributed by atoms with E-state index in [1.54, 1.807) is 17.0 Å². The van der Waals surface area contributed by atoms with E-state index in [4.69, 9.17) is 5.11 Å². The van der Waals surface area contributed by atoms with Crippen LogP contribution in [-0.2, 0) is 16.1 Å². The third kappa shape index (κ3) is 4.27. The molecule has 120 valence electrons. The molecule has 0 radical (unpaired) electrons. The van der Waals surface area contributed by atoms with Gasteiger partial charge < -0.3 is 15.3 Å². The zero-order valence-corrected chi connectivity index (χ0v) is 12.4. The fourth-order valence-electron chi connectivity index (χ4n) is 2.71. The lowest BCUT2D eigenvalue weighted by Crippen LogP contribution is -2.50. The zero-order valence-electron chi connectivity index (χ0n) is 12.4. The largest absolute Gasteiger partial charge is 0.396 e. The molecule has 1 heterocycles. The minimum atomic E-state index is -0.658. The van der Waals surface area contributed by atoms with Gasteiger partial charge in [-0.1, -0.05) is 12.1 Å². The third-order valence-electron chi connectivity index (χ3n) is 3.91. The van der Waals surface area contributed by atoms with E-state index in [0.29, 0.717) is 13.0 Å². The summed E-state index contributed by atoms with van der Waals surface area (Å²) in [5.74, 6) is -1.55.